The van der Waals surface area contributed by atoms with Crippen molar-refractivity contribution < 1.29 is 14.7 Å². The van der Waals surface area contributed by atoms with Gasteiger partial charge in [0.2, 0.25) is 0 Å². The van der Waals surface area contributed by atoms with E-state index < -0.39 is 12.0 Å². The molecule has 0 bridgehead atoms. The van der Waals surface area contributed by atoms with Gasteiger partial charge in [-0.1, -0.05) is 11.6 Å². The Kier molecular flexibility index (Phi) is 2.71. The zero-order chi connectivity index (χ0) is 10.7. The second-order valence-corrected chi connectivity index (χ2v) is 2.84. The van der Waals surface area contributed by atoms with E-state index >= 15 is 0 Å². The van der Waals surface area contributed by atoms with Crippen LogP contribution in [0.3, 0.4) is 0 Å². The Morgan fingerprint density at radius 2 is 2.07 bits per heavy atom. The molecule has 5 heteroatoms. The maximum Gasteiger partial charge on any atom is 0.337 e. The molecule has 5 nitrogen and oxygen atoms in total. The number of nitrogens with two attached hydrogens (primary N) is 1. The van der Waals surface area contributed by atoms with E-state index in [0.29, 0.717) is 0 Å². The Labute approximate surface area is 80.5 Å². The van der Waals surface area contributed by atoms with Crippen LogP contribution in [0.15, 0.2) is 18.2 Å². The molecule has 0 heterocycles. The molecule has 0 saturated heterocycles. The van der Waals surface area contributed by atoms with Gasteiger partial charge in [0.15, 0.2) is 0 Å². The highest BCUT2D eigenvalue weighted by molar-refractivity contribution is 5.99. The van der Waals surface area contributed by atoms with Crippen molar-refractivity contribution in [2.75, 3.05) is 5.32 Å². The van der Waals surface area contributed by atoms with Crippen LogP contribution in [-0.2, 0) is 0 Å². The summed E-state index contributed by atoms with van der Waals surface area (Å²) in [6.07, 6.45) is 0. The van der Waals surface area contributed by atoms with Gasteiger partial charge in [0.1, 0.15) is 0 Å². The lowest BCUT2D eigenvalue weighted by Gasteiger charge is -2.06. The predicted molar refractivity (Wildman–Crippen MR) is 51.3 cm³/mol. The number of benzene rings is 1. The fourth-order valence-corrected chi connectivity index (χ4v) is 1.08. The summed E-state index contributed by atoms with van der Waals surface area (Å²) in [4.78, 5) is 21.3. The number of carbonyl (C=O) groups excluding carboxylic acids is 1. The number of carboxylic acids is 1. The van der Waals surface area contributed by atoms with Crippen LogP contribution in [0.5, 0.6) is 0 Å². The number of carboxylic acid groups (broad SMARTS) is 1. The number of aromatic carboxylic acids is 1. The average molecular weight is 194 g/mol. The van der Waals surface area contributed by atoms with Crippen molar-refractivity contribution >= 4 is 17.7 Å². The van der Waals surface area contributed by atoms with E-state index in [4.69, 9.17) is 10.8 Å². The third-order valence-corrected chi connectivity index (χ3v) is 1.66. The summed E-state index contributed by atoms with van der Waals surface area (Å²) in [5.41, 5.74) is 5.93. The summed E-state index contributed by atoms with van der Waals surface area (Å²) in [5, 5.41) is 11.1. The minimum atomic E-state index is -1.10. The van der Waals surface area contributed by atoms with Crippen LogP contribution < -0.4 is 11.1 Å². The van der Waals surface area contributed by atoms with Gasteiger partial charge in [0.25, 0.3) is 0 Å². The molecule has 0 aliphatic carbocycles. The van der Waals surface area contributed by atoms with Crippen LogP contribution in [0, 0.1) is 6.92 Å². The number of hydrogen-bond donors (Lipinski definition) is 3. The lowest BCUT2D eigenvalue weighted by Crippen LogP contribution is -2.21. The first-order valence-electron chi connectivity index (χ1n) is 3.91. The van der Waals surface area contributed by atoms with Gasteiger partial charge >= 0.3 is 12.0 Å². The predicted octanol–water partition coefficient (Wildman–Crippen LogP) is 1.18. The highest BCUT2D eigenvalue weighted by atomic mass is 16.4. The van der Waals surface area contributed by atoms with Gasteiger partial charge in [-0.05, 0) is 19.1 Å². The van der Waals surface area contributed by atoms with Crippen LogP contribution in [0.4, 0.5) is 10.5 Å². The zero-order valence-electron chi connectivity index (χ0n) is 7.57. The molecule has 2 amide bonds. The molecule has 0 atom stereocenters. The number of urea groups is 1. The summed E-state index contributed by atoms with van der Waals surface area (Å²) < 4.78 is 0. The molecule has 0 aliphatic heterocycles. The number of nitrogens with one attached hydrogen (secondary N) is 1. The number of aryl methyl sites for hydroxylation is 1. The second-order valence-electron chi connectivity index (χ2n) is 2.84. The Bertz CT molecular complexity index is 388. The minimum absolute atomic E-state index is 0.0313. The van der Waals surface area contributed by atoms with E-state index in [1.54, 1.807) is 13.0 Å². The second kappa shape index (κ2) is 3.78. The molecule has 1 rings (SSSR count). The topological polar surface area (TPSA) is 92.4 Å². The Hall–Kier alpha value is -2.04. The molecule has 0 unspecified atom stereocenters. The smallest absolute Gasteiger partial charge is 0.337 e. The third kappa shape index (κ3) is 2.22. The number of hydrogen-bond acceptors (Lipinski definition) is 2. The summed E-state index contributed by atoms with van der Waals surface area (Å²) in [7, 11) is 0. The standard InChI is InChI=1S/C9H10N2O3/c1-5-2-3-7(11-9(10)14)6(4-5)8(12)13/h2-4H,1H3,(H,12,13)(H3,10,11,14). The minimum Gasteiger partial charge on any atom is -0.478 e. The molecule has 0 aromatic heterocycles. The SMILES string of the molecule is Cc1ccc(NC(N)=O)c(C(=O)O)c1. The van der Waals surface area contributed by atoms with E-state index in [1.807, 2.05) is 0 Å². The van der Waals surface area contributed by atoms with Crippen molar-refractivity contribution in [3.8, 4) is 0 Å². The van der Waals surface area contributed by atoms with Gasteiger partial charge in [-0.25, -0.2) is 9.59 Å². The third-order valence-electron chi connectivity index (χ3n) is 1.66. The van der Waals surface area contributed by atoms with Gasteiger partial charge in [-0.2, -0.15) is 0 Å². The molecule has 0 spiro atoms. The van der Waals surface area contributed by atoms with Gasteiger partial charge in [-0.15, -0.1) is 0 Å². The molecule has 4 N–H and O–H groups in total. The number of rotatable bonds is 2. The van der Waals surface area contributed by atoms with Crippen LogP contribution in [0.1, 0.15) is 15.9 Å². The monoisotopic (exact) mass is 194 g/mol. The van der Waals surface area contributed by atoms with Crippen LogP contribution in [0.25, 0.3) is 0 Å². The fourth-order valence-electron chi connectivity index (χ4n) is 1.08. The molecule has 1 aromatic carbocycles. The van der Waals surface area contributed by atoms with E-state index in [2.05, 4.69) is 5.32 Å². The Morgan fingerprint density at radius 1 is 1.43 bits per heavy atom. The zero-order valence-corrected chi connectivity index (χ0v) is 7.57. The molecular formula is C9H10N2O3. The summed E-state index contributed by atoms with van der Waals surface area (Å²) >= 11 is 0. The molecular weight excluding hydrogens is 184 g/mol. The number of carbonyl (C=O) groups is 2. The summed E-state index contributed by atoms with van der Waals surface area (Å²) in [6.45, 7) is 1.76. The maximum atomic E-state index is 10.8. The van der Waals surface area contributed by atoms with Crippen molar-refractivity contribution in [3.63, 3.8) is 0 Å². The molecule has 0 aliphatic rings. The van der Waals surface area contributed by atoms with Crippen molar-refractivity contribution in [1.29, 1.82) is 0 Å². The Morgan fingerprint density at radius 3 is 2.57 bits per heavy atom. The maximum absolute atomic E-state index is 10.8. The first-order valence-corrected chi connectivity index (χ1v) is 3.91. The van der Waals surface area contributed by atoms with Crippen molar-refractivity contribution in [2.45, 2.75) is 6.92 Å². The molecule has 0 radical (unpaired) electrons. The largest absolute Gasteiger partial charge is 0.478 e. The van der Waals surface area contributed by atoms with Crippen LogP contribution in [-0.4, -0.2) is 17.1 Å². The van der Waals surface area contributed by atoms with Crippen LogP contribution >= 0.6 is 0 Å². The van der Waals surface area contributed by atoms with E-state index in [9.17, 15) is 9.59 Å². The van der Waals surface area contributed by atoms with Crippen molar-refractivity contribution in [2.24, 2.45) is 5.73 Å². The van der Waals surface area contributed by atoms with Gasteiger partial charge < -0.3 is 16.2 Å². The van der Waals surface area contributed by atoms with Gasteiger partial charge in [-0.3, -0.25) is 0 Å². The molecule has 14 heavy (non-hydrogen) atoms. The molecule has 0 saturated carbocycles. The normalized spacial score (nSPS) is 9.50. The fraction of sp³-hybridized carbons (Fsp3) is 0.111. The lowest BCUT2D eigenvalue weighted by atomic mass is 10.1. The van der Waals surface area contributed by atoms with E-state index in [0.717, 1.165) is 5.56 Å². The first-order chi connectivity index (χ1) is 6.50. The highest BCUT2D eigenvalue weighted by Gasteiger charge is 2.10. The lowest BCUT2D eigenvalue weighted by molar-refractivity contribution is 0.0698. The van der Waals surface area contributed by atoms with Crippen molar-refractivity contribution in [3.05, 3.63) is 29.3 Å². The number of amides is 2. The quantitative estimate of drug-likeness (QED) is 0.660. The Balaban J connectivity index is 3.14. The average Bonchev–Trinajstić information content (AvgIpc) is 2.07. The van der Waals surface area contributed by atoms with E-state index in [1.165, 1.54) is 12.1 Å². The van der Waals surface area contributed by atoms with Gasteiger partial charge in [0, 0.05) is 0 Å². The molecule has 0 fully saturated rings. The van der Waals surface area contributed by atoms with Gasteiger partial charge in [0.05, 0.1) is 11.3 Å². The number of primary amides is 1. The number of anilines is 1. The first kappa shape index (κ1) is 10.0. The molecule has 1 aromatic rings. The highest BCUT2D eigenvalue weighted by Crippen LogP contribution is 2.16. The molecule has 74 valence electrons. The summed E-state index contributed by atoms with van der Waals surface area (Å²) in [5.74, 6) is -1.10. The van der Waals surface area contributed by atoms with Crippen molar-refractivity contribution in [1.82, 2.24) is 0 Å². The summed E-state index contributed by atoms with van der Waals surface area (Å²) in [6, 6.07) is 3.88. The van der Waals surface area contributed by atoms with E-state index in [-0.39, 0.29) is 11.3 Å². The van der Waals surface area contributed by atoms with Crippen LogP contribution in [0.2, 0.25) is 0 Å².